The predicted molar refractivity (Wildman–Crippen MR) is 116 cm³/mol. The van der Waals surface area contributed by atoms with Gasteiger partial charge in [0.25, 0.3) is 5.91 Å². The van der Waals surface area contributed by atoms with Crippen LogP contribution >= 0.6 is 11.3 Å². The molecule has 0 aliphatic rings. The second-order valence-electron chi connectivity index (χ2n) is 6.37. The molecule has 0 aliphatic carbocycles. The van der Waals surface area contributed by atoms with E-state index < -0.39 is 10.0 Å². The minimum atomic E-state index is -3.52. The normalized spacial score (nSPS) is 11.4. The Labute approximate surface area is 179 Å². The van der Waals surface area contributed by atoms with Crippen molar-refractivity contribution in [2.75, 3.05) is 33.6 Å². The molecule has 0 atom stereocenters. The Morgan fingerprint density at radius 1 is 1.03 bits per heavy atom. The van der Waals surface area contributed by atoms with Gasteiger partial charge in [-0.1, -0.05) is 0 Å². The van der Waals surface area contributed by atoms with Crippen LogP contribution in [0.2, 0.25) is 0 Å². The molecule has 1 N–H and O–H groups in total. The molecule has 0 saturated carbocycles. The monoisotopic (exact) mass is 447 g/mol. The molecule has 0 unspecified atom stereocenters. The fourth-order valence-electron chi connectivity index (χ4n) is 2.60. The molecule has 2 aromatic carbocycles. The summed E-state index contributed by atoms with van der Waals surface area (Å²) in [5.41, 5.74) is 1.53. The van der Waals surface area contributed by atoms with Crippen LogP contribution in [0.1, 0.15) is 10.5 Å². The summed E-state index contributed by atoms with van der Waals surface area (Å²) < 4.78 is 35.9. The van der Waals surface area contributed by atoms with Gasteiger partial charge in [0.05, 0.1) is 19.1 Å². The minimum Gasteiger partial charge on any atom is -0.493 e. The Bertz CT molecular complexity index is 1160. The molecule has 10 heteroatoms. The number of carbonyl (C=O) groups is 1. The first kappa shape index (κ1) is 21.8. The fraction of sp³-hybridized carbons (Fsp3) is 0.200. The summed E-state index contributed by atoms with van der Waals surface area (Å²) in [4.78, 5) is 17.1. The highest BCUT2D eigenvalue weighted by atomic mass is 32.2. The second-order valence-corrected chi connectivity index (χ2v) is 9.38. The SMILES string of the molecule is COc1ccc(-c2nc(C(=O)Nc3ccc(S(=O)(=O)N(C)C)cc3)cs2)cc1OC. The Hall–Kier alpha value is -2.95. The molecular weight excluding hydrogens is 426 g/mol. The van der Waals surface area contributed by atoms with Crippen molar-refractivity contribution < 1.29 is 22.7 Å². The zero-order valence-corrected chi connectivity index (χ0v) is 18.5. The topological polar surface area (TPSA) is 97.8 Å². The quantitative estimate of drug-likeness (QED) is 0.597. The second kappa shape index (κ2) is 8.82. The van der Waals surface area contributed by atoms with Crippen molar-refractivity contribution in [1.29, 1.82) is 0 Å². The first-order chi connectivity index (χ1) is 14.3. The first-order valence-corrected chi connectivity index (χ1v) is 11.1. The molecule has 158 valence electrons. The van der Waals surface area contributed by atoms with Gasteiger partial charge < -0.3 is 14.8 Å². The number of methoxy groups -OCH3 is 2. The van der Waals surface area contributed by atoms with E-state index in [0.717, 1.165) is 9.87 Å². The Kier molecular flexibility index (Phi) is 6.40. The van der Waals surface area contributed by atoms with E-state index >= 15 is 0 Å². The highest BCUT2D eigenvalue weighted by Crippen LogP contribution is 2.33. The molecule has 0 aliphatic heterocycles. The van der Waals surface area contributed by atoms with Crippen LogP contribution in [-0.2, 0) is 10.0 Å². The molecule has 0 saturated heterocycles. The molecule has 8 nitrogen and oxygen atoms in total. The average molecular weight is 448 g/mol. The fourth-order valence-corrected chi connectivity index (χ4v) is 4.29. The van der Waals surface area contributed by atoms with Crippen molar-refractivity contribution >= 4 is 33.0 Å². The number of hydrogen-bond acceptors (Lipinski definition) is 7. The van der Waals surface area contributed by atoms with Crippen LogP contribution in [0.25, 0.3) is 10.6 Å². The molecule has 0 fully saturated rings. The van der Waals surface area contributed by atoms with Crippen LogP contribution in [0.5, 0.6) is 11.5 Å². The Balaban J connectivity index is 1.76. The number of anilines is 1. The lowest BCUT2D eigenvalue weighted by atomic mass is 10.2. The highest BCUT2D eigenvalue weighted by molar-refractivity contribution is 7.89. The smallest absolute Gasteiger partial charge is 0.275 e. The molecule has 0 spiro atoms. The number of benzene rings is 2. The van der Waals surface area contributed by atoms with Gasteiger partial charge in [-0.2, -0.15) is 0 Å². The van der Waals surface area contributed by atoms with Crippen molar-refractivity contribution in [3.8, 4) is 22.1 Å². The van der Waals surface area contributed by atoms with Crippen LogP contribution in [0, 0.1) is 0 Å². The van der Waals surface area contributed by atoms with Gasteiger partial charge in [-0.25, -0.2) is 17.7 Å². The van der Waals surface area contributed by atoms with E-state index in [-0.39, 0.29) is 16.5 Å². The predicted octanol–water partition coefficient (Wildman–Crippen LogP) is 3.33. The Morgan fingerprint density at radius 3 is 2.30 bits per heavy atom. The van der Waals surface area contributed by atoms with Crippen LogP contribution < -0.4 is 14.8 Å². The number of ether oxygens (including phenoxy) is 2. The maximum absolute atomic E-state index is 12.5. The zero-order valence-electron chi connectivity index (χ0n) is 16.9. The summed E-state index contributed by atoms with van der Waals surface area (Å²) in [6.07, 6.45) is 0. The van der Waals surface area contributed by atoms with Gasteiger partial charge in [-0.3, -0.25) is 4.79 Å². The van der Waals surface area contributed by atoms with Gasteiger partial charge in [0.2, 0.25) is 10.0 Å². The standard InChI is InChI=1S/C20H21N3O5S2/c1-23(2)30(25,26)15-8-6-14(7-9-15)21-19(24)16-12-29-20(22-16)13-5-10-17(27-3)18(11-13)28-4/h5-12H,1-4H3,(H,21,24). The van der Waals surface area contributed by atoms with Crippen LogP contribution in [0.3, 0.4) is 0 Å². The van der Waals surface area contributed by atoms with Crippen molar-refractivity contribution in [1.82, 2.24) is 9.29 Å². The highest BCUT2D eigenvalue weighted by Gasteiger charge is 2.18. The molecule has 1 amide bonds. The van der Waals surface area contributed by atoms with E-state index in [1.165, 1.54) is 49.7 Å². The molecule has 3 rings (SSSR count). The minimum absolute atomic E-state index is 0.148. The lowest BCUT2D eigenvalue weighted by Crippen LogP contribution is -2.22. The van der Waals surface area contributed by atoms with E-state index in [4.69, 9.17) is 9.47 Å². The van der Waals surface area contributed by atoms with Crippen LogP contribution in [0.4, 0.5) is 5.69 Å². The number of hydrogen-bond donors (Lipinski definition) is 1. The number of amides is 1. The van der Waals surface area contributed by atoms with Crippen molar-refractivity contribution in [3.05, 3.63) is 53.5 Å². The summed E-state index contributed by atoms with van der Waals surface area (Å²) in [6, 6.07) is 11.4. The van der Waals surface area contributed by atoms with E-state index in [2.05, 4.69) is 10.3 Å². The third-order valence-electron chi connectivity index (χ3n) is 4.26. The molecule has 0 radical (unpaired) electrons. The summed E-state index contributed by atoms with van der Waals surface area (Å²) in [5.74, 6) is 0.792. The van der Waals surface area contributed by atoms with Crippen LogP contribution in [-0.4, -0.2) is 51.9 Å². The van der Waals surface area contributed by atoms with Gasteiger partial charge in [-0.15, -0.1) is 11.3 Å². The van der Waals surface area contributed by atoms with E-state index in [9.17, 15) is 13.2 Å². The van der Waals surface area contributed by atoms with E-state index in [0.29, 0.717) is 22.2 Å². The molecule has 3 aromatic rings. The van der Waals surface area contributed by atoms with Crippen molar-refractivity contribution in [2.24, 2.45) is 0 Å². The maximum Gasteiger partial charge on any atom is 0.275 e. The van der Waals surface area contributed by atoms with Crippen LogP contribution in [0.15, 0.2) is 52.7 Å². The number of nitrogens with zero attached hydrogens (tertiary/aromatic N) is 2. The maximum atomic E-state index is 12.5. The van der Waals surface area contributed by atoms with Crippen molar-refractivity contribution in [2.45, 2.75) is 4.90 Å². The summed E-state index contributed by atoms with van der Waals surface area (Å²) in [7, 11) is 2.52. The van der Waals surface area contributed by atoms with Gasteiger partial charge >= 0.3 is 0 Å². The lowest BCUT2D eigenvalue weighted by molar-refractivity contribution is 0.102. The third-order valence-corrected chi connectivity index (χ3v) is 6.98. The number of thiazole rings is 1. The average Bonchev–Trinajstić information content (AvgIpc) is 3.24. The number of rotatable bonds is 7. The Morgan fingerprint density at radius 2 is 1.70 bits per heavy atom. The van der Waals surface area contributed by atoms with Gasteiger partial charge in [0.15, 0.2) is 11.5 Å². The number of carbonyl (C=O) groups excluding carboxylic acids is 1. The molecule has 30 heavy (non-hydrogen) atoms. The van der Waals surface area contributed by atoms with Gasteiger partial charge in [0.1, 0.15) is 10.7 Å². The summed E-state index contributed by atoms with van der Waals surface area (Å²) in [5, 5.41) is 5.04. The molecule has 1 aromatic heterocycles. The zero-order chi connectivity index (χ0) is 21.9. The van der Waals surface area contributed by atoms with E-state index in [1.54, 1.807) is 31.7 Å². The van der Waals surface area contributed by atoms with E-state index in [1.807, 2.05) is 6.07 Å². The molecule has 1 heterocycles. The van der Waals surface area contributed by atoms with Gasteiger partial charge in [0, 0.05) is 30.7 Å². The third kappa shape index (κ3) is 4.45. The lowest BCUT2D eigenvalue weighted by Gasteiger charge is -2.11. The molecular formula is C20H21N3O5S2. The number of nitrogens with one attached hydrogen (secondary N) is 1. The number of aromatic nitrogens is 1. The van der Waals surface area contributed by atoms with Gasteiger partial charge in [-0.05, 0) is 42.5 Å². The first-order valence-electron chi connectivity index (χ1n) is 8.78. The summed E-state index contributed by atoms with van der Waals surface area (Å²) >= 11 is 1.33. The van der Waals surface area contributed by atoms with Crippen molar-refractivity contribution in [3.63, 3.8) is 0 Å². The summed E-state index contributed by atoms with van der Waals surface area (Å²) in [6.45, 7) is 0. The number of sulfonamides is 1. The largest absolute Gasteiger partial charge is 0.493 e. The molecule has 0 bridgehead atoms.